The van der Waals surface area contributed by atoms with Crippen molar-refractivity contribution < 1.29 is 4.74 Å². The molecule has 0 aliphatic rings. The van der Waals surface area contributed by atoms with E-state index in [2.05, 4.69) is 55.2 Å². The van der Waals surface area contributed by atoms with Gasteiger partial charge in [-0.3, -0.25) is 0 Å². The van der Waals surface area contributed by atoms with E-state index in [1.54, 1.807) is 7.11 Å². The summed E-state index contributed by atoms with van der Waals surface area (Å²) < 4.78 is 5.46. The van der Waals surface area contributed by atoms with E-state index in [9.17, 15) is 0 Å². The van der Waals surface area contributed by atoms with Crippen molar-refractivity contribution in [2.24, 2.45) is 0 Å². The molecule has 0 atom stereocenters. The number of rotatable bonds is 2. The van der Waals surface area contributed by atoms with Crippen LogP contribution in [0.25, 0.3) is 22.0 Å². The molecule has 0 bridgehead atoms. The maximum absolute atomic E-state index is 5.46. The van der Waals surface area contributed by atoms with Gasteiger partial charge in [0.15, 0.2) is 0 Å². The molecule has 2 heteroatoms. The summed E-state index contributed by atoms with van der Waals surface area (Å²) in [5.41, 5.74) is 4.56. The average Bonchev–Trinajstić information content (AvgIpc) is 2.46. The van der Waals surface area contributed by atoms with Crippen LogP contribution < -0.4 is 4.74 Å². The Morgan fingerprint density at radius 2 is 1.75 bits per heavy atom. The van der Waals surface area contributed by atoms with Gasteiger partial charge < -0.3 is 4.74 Å². The zero-order chi connectivity index (χ0) is 14.1. The van der Waals surface area contributed by atoms with Crippen molar-refractivity contribution in [3.8, 4) is 17.1 Å². The minimum Gasteiger partial charge on any atom is -0.481 e. The molecule has 3 rings (SSSR count). The third-order valence-corrected chi connectivity index (χ3v) is 3.57. The van der Waals surface area contributed by atoms with E-state index < -0.39 is 0 Å². The normalized spacial score (nSPS) is 10.8. The first-order chi connectivity index (χ1) is 9.69. The van der Waals surface area contributed by atoms with E-state index in [1.807, 2.05) is 12.1 Å². The van der Waals surface area contributed by atoms with E-state index in [1.165, 1.54) is 11.1 Å². The Morgan fingerprint density at radius 1 is 0.950 bits per heavy atom. The van der Waals surface area contributed by atoms with Crippen molar-refractivity contribution >= 4 is 10.8 Å². The Labute approximate surface area is 119 Å². The lowest BCUT2D eigenvalue weighted by Gasteiger charge is -2.10. The molecule has 2 aromatic carbocycles. The Bertz CT molecular complexity index is 777. The second-order valence-electron chi connectivity index (χ2n) is 5.06. The highest BCUT2D eigenvalue weighted by molar-refractivity contribution is 5.90. The van der Waals surface area contributed by atoms with Crippen LogP contribution in [0.1, 0.15) is 11.1 Å². The molecule has 0 N–H and O–H groups in total. The van der Waals surface area contributed by atoms with Gasteiger partial charge in [-0.1, -0.05) is 42.0 Å². The summed E-state index contributed by atoms with van der Waals surface area (Å²) in [4.78, 5) is 4.66. The molecule has 0 radical (unpaired) electrons. The van der Waals surface area contributed by atoms with Gasteiger partial charge in [-0.2, -0.15) is 0 Å². The minimum atomic E-state index is 0.681. The molecule has 100 valence electrons. The molecule has 1 heterocycles. The lowest BCUT2D eigenvalue weighted by atomic mass is 10.0. The minimum absolute atomic E-state index is 0.681. The van der Waals surface area contributed by atoms with Crippen LogP contribution in [0.4, 0.5) is 0 Å². The lowest BCUT2D eigenvalue weighted by Crippen LogP contribution is -1.94. The second kappa shape index (κ2) is 4.97. The molecule has 0 aliphatic heterocycles. The molecule has 2 nitrogen and oxygen atoms in total. The van der Waals surface area contributed by atoms with Crippen molar-refractivity contribution in [1.82, 2.24) is 4.98 Å². The number of benzene rings is 2. The average molecular weight is 263 g/mol. The Morgan fingerprint density at radius 3 is 2.50 bits per heavy atom. The maximum Gasteiger partial charge on any atom is 0.221 e. The van der Waals surface area contributed by atoms with Crippen molar-refractivity contribution in [1.29, 1.82) is 0 Å². The highest BCUT2D eigenvalue weighted by atomic mass is 16.5. The number of ether oxygens (including phenoxy) is 1. The number of hydrogen-bond donors (Lipinski definition) is 0. The fourth-order valence-corrected chi connectivity index (χ4v) is 2.50. The summed E-state index contributed by atoms with van der Waals surface area (Å²) in [6, 6.07) is 16.7. The lowest BCUT2D eigenvalue weighted by molar-refractivity contribution is 0.404. The Balaban J connectivity index is 2.30. The van der Waals surface area contributed by atoms with E-state index in [0.717, 1.165) is 22.0 Å². The first-order valence-corrected chi connectivity index (χ1v) is 6.70. The Hall–Kier alpha value is -2.35. The van der Waals surface area contributed by atoms with Crippen LogP contribution >= 0.6 is 0 Å². The molecule has 1 aromatic heterocycles. The second-order valence-corrected chi connectivity index (χ2v) is 5.06. The molecular formula is C18H17NO. The van der Waals surface area contributed by atoms with Crippen molar-refractivity contribution in [2.75, 3.05) is 7.11 Å². The summed E-state index contributed by atoms with van der Waals surface area (Å²) in [5, 5.41) is 2.21. The van der Waals surface area contributed by atoms with Crippen LogP contribution in [0.2, 0.25) is 0 Å². The highest BCUT2D eigenvalue weighted by Gasteiger charge is 2.09. The van der Waals surface area contributed by atoms with E-state index in [-0.39, 0.29) is 0 Å². The zero-order valence-corrected chi connectivity index (χ0v) is 12.0. The fraction of sp³-hybridized carbons (Fsp3) is 0.167. The number of aryl methyl sites for hydroxylation is 2. The summed E-state index contributed by atoms with van der Waals surface area (Å²) in [7, 11) is 1.67. The van der Waals surface area contributed by atoms with Gasteiger partial charge in [0.2, 0.25) is 5.88 Å². The summed E-state index contributed by atoms with van der Waals surface area (Å²) in [6.45, 7) is 4.20. The standard InChI is InChI=1S/C18H17NO/c1-12-8-9-16-14(10-12)11-17(19-18(16)20-3)15-7-5-4-6-13(15)2/h4-11H,1-3H3. The molecule has 0 aliphatic carbocycles. The molecule has 0 spiro atoms. The summed E-state index contributed by atoms with van der Waals surface area (Å²) in [5.74, 6) is 0.681. The van der Waals surface area contributed by atoms with Crippen LogP contribution in [0, 0.1) is 13.8 Å². The predicted octanol–water partition coefficient (Wildman–Crippen LogP) is 4.53. The third kappa shape index (κ3) is 2.14. The van der Waals surface area contributed by atoms with Gasteiger partial charge in [0.05, 0.1) is 12.8 Å². The number of aromatic nitrogens is 1. The molecule has 0 saturated carbocycles. The summed E-state index contributed by atoms with van der Waals surface area (Å²) in [6.07, 6.45) is 0. The van der Waals surface area contributed by atoms with Gasteiger partial charge in [-0.25, -0.2) is 4.98 Å². The van der Waals surface area contributed by atoms with Crippen molar-refractivity contribution in [3.05, 3.63) is 59.7 Å². The number of pyridine rings is 1. The molecule has 3 aromatic rings. The van der Waals surface area contributed by atoms with Crippen molar-refractivity contribution in [3.63, 3.8) is 0 Å². The number of fused-ring (bicyclic) bond motifs is 1. The maximum atomic E-state index is 5.46. The molecular weight excluding hydrogens is 246 g/mol. The third-order valence-electron chi connectivity index (χ3n) is 3.57. The van der Waals surface area contributed by atoms with Crippen LogP contribution in [-0.4, -0.2) is 12.1 Å². The van der Waals surface area contributed by atoms with Gasteiger partial charge in [0.1, 0.15) is 0 Å². The van der Waals surface area contributed by atoms with Gasteiger partial charge in [-0.05, 0) is 36.9 Å². The van der Waals surface area contributed by atoms with Crippen LogP contribution in [0.5, 0.6) is 5.88 Å². The zero-order valence-electron chi connectivity index (χ0n) is 12.0. The monoisotopic (exact) mass is 263 g/mol. The van der Waals surface area contributed by atoms with Crippen LogP contribution in [0.15, 0.2) is 48.5 Å². The van der Waals surface area contributed by atoms with E-state index in [4.69, 9.17) is 4.74 Å². The van der Waals surface area contributed by atoms with Gasteiger partial charge in [0, 0.05) is 10.9 Å². The van der Waals surface area contributed by atoms with Crippen molar-refractivity contribution in [2.45, 2.75) is 13.8 Å². The van der Waals surface area contributed by atoms with Gasteiger partial charge in [-0.15, -0.1) is 0 Å². The Kier molecular flexibility index (Phi) is 3.15. The van der Waals surface area contributed by atoms with Crippen LogP contribution in [0.3, 0.4) is 0 Å². The molecule has 0 amide bonds. The molecule has 0 saturated heterocycles. The molecule has 20 heavy (non-hydrogen) atoms. The number of methoxy groups -OCH3 is 1. The molecule has 0 unspecified atom stereocenters. The first-order valence-electron chi connectivity index (χ1n) is 6.70. The number of hydrogen-bond acceptors (Lipinski definition) is 2. The van der Waals surface area contributed by atoms with Crippen LogP contribution in [-0.2, 0) is 0 Å². The smallest absolute Gasteiger partial charge is 0.221 e. The van der Waals surface area contributed by atoms with E-state index >= 15 is 0 Å². The van der Waals surface area contributed by atoms with Gasteiger partial charge >= 0.3 is 0 Å². The largest absolute Gasteiger partial charge is 0.481 e. The topological polar surface area (TPSA) is 22.1 Å². The first kappa shape index (κ1) is 12.7. The predicted molar refractivity (Wildman–Crippen MR) is 83.2 cm³/mol. The SMILES string of the molecule is COc1nc(-c2ccccc2C)cc2cc(C)ccc12. The quantitative estimate of drug-likeness (QED) is 0.677. The molecule has 0 fully saturated rings. The highest BCUT2D eigenvalue weighted by Crippen LogP contribution is 2.30. The van der Waals surface area contributed by atoms with E-state index in [0.29, 0.717) is 5.88 Å². The number of nitrogens with zero attached hydrogens (tertiary/aromatic N) is 1. The summed E-state index contributed by atoms with van der Waals surface area (Å²) >= 11 is 0. The van der Waals surface area contributed by atoms with Gasteiger partial charge in [0.25, 0.3) is 0 Å². The fourth-order valence-electron chi connectivity index (χ4n) is 2.50.